The minimum absolute atomic E-state index is 0.870. The number of pyridine rings is 3. The molecule has 2 aliphatic rings. The molecule has 350 valence electrons. The third-order valence-corrected chi connectivity index (χ3v) is 16.0. The molecule has 3 aromatic heterocycles. The summed E-state index contributed by atoms with van der Waals surface area (Å²) < 4.78 is 0. The first-order valence-corrected chi connectivity index (χ1v) is 26.0. The van der Waals surface area contributed by atoms with Crippen molar-refractivity contribution in [2.24, 2.45) is 0 Å². The SMILES string of the molecule is c1ccc(-c2ccc(-c3ccc4cc(-c5cc6c7c(cccc7c5)-c5cc(-c7cccc(-c8cc(-c9ccc%10cc(-c%11cc%12c%13c(cccc%13c%11)-c%11ccccc%11-%12)ccc%10c9)ccn8)c7)ccc5-6)ccc4c3)cn2)nc1. The predicted molar refractivity (Wildman–Crippen MR) is 317 cm³/mol. The molecule has 3 heteroatoms. The average molecular weight is 962 g/mol. The zero-order valence-electron chi connectivity index (χ0n) is 41.2. The molecule has 0 spiro atoms. The maximum absolute atomic E-state index is 4.92. The second-order valence-corrected chi connectivity index (χ2v) is 20.4. The molecular formula is C73H43N3. The van der Waals surface area contributed by atoms with Gasteiger partial charge in [0.15, 0.2) is 0 Å². The average Bonchev–Trinajstić information content (AvgIpc) is 4.10. The van der Waals surface area contributed by atoms with Gasteiger partial charge in [-0.15, -0.1) is 0 Å². The van der Waals surface area contributed by atoms with Crippen LogP contribution in [0.1, 0.15) is 0 Å². The van der Waals surface area contributed by atoms with Crippen molar-refractivity contribution in [1.82, 2.24) is 15.0 Å². The zero-order valence-corrected chi connectivity index (χ0v) is 41.2. The van der Waals surface area contributed by atoms with E-state index >= 15 is 0 Å². The first-order valence-electron chi connectivity index (χ1n) is 26.0. The van der Waals surface area contributed by atoms with Gasteiger partial charge in [-0.2, -0.15) is 0 Å². The molecule has 0 aliphatic heterocycles. The van der Waals surface area contributed by atoms with E-state index in [1.54, 1.807) is 6.20 Å². The lowest BCUT2D eigenvalue weighted by Gasteiger charge is -2.11. The molecule has 0 atom stereocenters. The van der Waals surface area contributed by atoms with E-state index in [0.717, 1.165) is 39.3 Å². The van der Waals surface area contributed by atoms with E-state index in [4.69, 9.17) is 9.97 Å². The van der Waals surface area contributed by atoms with E-state index in [-0.39, 0.29) is 0 Å². The van der Waals surface area contributed by atoms with Gasteiger partial charge in [0.1, 0.15) is 0 Å². The first kappa shape index (κ1) is 42.4. The van der Waals surface area contributed by atoms with Crippen LogP contribution in [0.4, 0.5) is 0 Å². The number of hydrogen-bond donors (Lipinski definition) is 0. The van der Waals surface area contributed by atoms with Gasteiger partial charge in [-0.05, 0) is 229 Å². The molecule has 16 rings (SSSR count). The maximum Gasteiger partial charge on any atom is 0.0886 e. The van der Waals surface area contributed by atoms with Crippen LogP contribution in [-0.2, 0) is 0 Å². The molecule has 2 aliphatic carbocycles. The number of benzene rings is 11. The van der Waals surface area contributed by atoms with Crippen molar-refractivity contribution in [2.45, 2.75) is 0 Å². The molecule has 76 heavy (non-hydrogen) atoms. The van der Waals surface area contributed by atoms with Crippen LogP contribution in [0.25, 0.3) is 166 Å². The fraction of sp³-hybridized carbons (Fsp3) is 0. The van der Waals surface area contributed by atoms with Crippen LogP contribution in [0, 0.1) is 0 Å². The van der Waals surface area contributed by atoms with Gasteiger partial charge in [0.2, 0.25) is 0 Å². The Balaban J connectivity index is 0.670. The van der Waals surface area contributed by atoms with Crippen molar-refractivity contribution in [3.8, 4) is 123 Å². The normalized spacial score (nSPS) is 11.9. The number of aromatic nitrogens is 3. The highest BCUT2D eigenvalue weighted by Crippen LogP contribution is 2.51. The fourth-order valence-corrected chi connectivity index (χ4v) is 12.3. The lowest BCUT2D eigenvalue weighted by Crippen LogP contribution is -1.88. The van der Waals surface area contributed by atoms with Gasteiger partial charge in [-0.3, -0.25) is 15.0 Å². The van der Waals surface area contributed by atoms with Crippen molar-refractivity contribution in [3.05, 3.63) is 261 Å². The molecule has 11 aromatic carbocycles. The molecule has 3 heterocycles. The standard InChI is InChI=1S/C73H43N3/c1-2-13-62-61(12-1)64-14-6-10-56-37-59(40-67(62)72(56)64)51-23-20-45-32-49(18-17-47(45)34-51)54-29-31-75-71(42-54)55-9-5-8-44(36-55)53-25-27-63-66(39-53)65-15-7-11-57-38-60(41-68(63)73(57)65)52-24-21-46-33-50(22-19-48(46)35-52)58-26-28-70(76-43-58)69-16-3-4-30-74-69/h1-43H. The smallest absolute Gasteiger partial charge is 0.0886 e. The molecule has 0 saturated carbocycles. The molecule has 0 fully saturated rings. The third kappa shape index (κ3) is 6.87. The molecular weight excluding hydrogens is 919 g/mol. The van der Waals surface area contributed by atoms with Gasteiger partial charge in [0.05, 0.1) is 17.1 Å². The second kappa shape index (κ2) is 16.7. The van der Waals surface area contributed by atoms with E-state index in [2.05, 4.69) is 223 Å². The number of rotatable bonds is 7. The van der Waals surface area contributed by atoms with Crippen molar-refractivity contribution in [3.63, 3.8) is 0 Å². The highest BCUT2D eigenvalue weighted by Gasteiger charge is 2.24. The van der Waals surface area contributed by atoms with E-state index in [1.807, 2.05) is 36.7 Å². The summed E-state index contributed by atoms with van der Waals surface area (Å²) in [6, 6.07) is 89.2. The quantitative estimate of drug-likeness (QED) is 0.160. The van der Waals surface area contributed by atoms with Gasteiger partial charge in [-0.1, -0.05) is 152 Å². The lowest BCUT2D eigenvalue weighted by atomic mass is 9.93. The Morgan fingerprint density at radius 1 is 0.184 bits per heavy atom. The molecule has 0 amide bonds. The van der Waals surface area contributed by atoms with Gasteiger partial charge >= 0.3 is 0 Å². The highest BCUT2D eigenvalue weighted by molar-refractivity contribution is 6.18. The summed E-state index contributed by atoms with van der Waals surface area (Å²) >= 11 is 0. The Hall–Kier alpha value is -10.1. The van der Waals surface area contributed by atoms with Crippen LogP contribution in [0.15, 0.2) is 261 Å². The molecule has 3 nitrogen and oxygen atoms in total. The first-order chi connectivity index (χ1) is 37.6. The summed E-state index contributed by atoms with van der Waals surface area (Å²) in [5.41, 5.74) is 26.0. The van der Waals surface area contributed by atoms with Gasteiger partial charge in [-0.25, -0.2) is 0 Å². The van der Waals surface area contributed by atoms with Crippen LogP contribution < -0.4 is 0 Å². The summed E-state index contributed by atoms with van der Waals surface area (Å²) in [4.78, 5) is 14.1. The summed E-state index contributed by atoms with van der Waals surface area (Å²) in [7, 11) is 0. The third-order valence-electron chi connectivity index (χ3n) is 16.0. The maximum atomic E-state index is 4.92. The minimum Gasteiger partial charge on any atom is -0.256 e. The Bertz CT molecular complexity index is 4740. The Morgan fingerprint density at radius 2 is 0.632 bits per heavy atom. The van der Waals surface area contributed by atoms with Crippen molar-refractivity contribution >= 4 is 43.1 Å². The van der Waals surface area contributed by atoms with Crippen LogP contribution in [0.3, 0.4) is 0 Å². The Labute approximate surface area is 439 Å². The van der Waals surface area contributed by atoms with Crippen LogP contribution in [-0.4, -0.2) is 15.0 Å². The number of hydrogen-bond acceptors (Lipinski definition) is 3. The zero-order chi connectivity index (χ0) is 49.8. The molecule has 0 saturated heterocycles. The van der Waals surface area contributed by atoms with Gasteiger partial charge in [0, 0.05) is 29.7 Å². The van der Waals surface area contributed by atoms with Gasteiger partial charge in [0.25, 0.3) is 0 Å². The Kier molecular flexibility index (Phi) is 9.33. The largest absolute Gasteiger partial charge is 0.256 e. The van der Waals surface area contributed by atoms with E-state index in [1.165, 1.54) is 127 Å². The summed E-state index contributed by atoms with van der Waals surface area (Å²) in [6.07, 6.45) is 5.69. The molecule has 14 aromatic rings. The number of fused-ring (bicyclic) bond motifs is 8. The summed E-state index contributed by atoms with van der Waals surface area (Å²) in [5.74, 6) is 0. The molecule has 0 bridgehead atoms. The Morgan fingerprint density at radius 3 is 1.26 bits per heavy atom. The monoisotopic (exact) mass is 961 g/mol. The molecule has 0 radical (unpaired) electrons. The second-order valence-electron chi connectivity index (χ2n) is 20.4. The van der Waals surface area contributed by atoms with Crippen LogP contribution in [0.5, 0.6) is 0 Å². The number of nitrogens with zero attached hydrogens (tertiary/aromatic N) is 3. The van der Waals surface area contributed by atoms with E-state index in [9.17, 15) is 0 Å². The highest BCUT2D eigenvalue weighted by atomic mass is 14.8. The van der Waals surface area contributed by atoms with Crippen molar-refractivity contribution < 1.29 is 0 Å². The summed E-state index contributed by atoms with van der Waals surface area (Å²) in [6.45, 7) is 0. The van der Waals surface area contributed by atoms with Crippen LogP contribution in [0.2, 0.25) is 0 Å². The fourth-order valence-electron chi connectivity index (χ4n) is 12.3. The van der Waals surface area contributed by atoms with E-state index < -0.39 is 0 Å². The minimum atomic E-state index is 0.870. The van der Waals surface area contributed by atoms with Crippen molar-refractivity contribution in [2.75, 3.05) is 0 Å². The summed E-state index contributed by atoms with van der Waals surface area (Å²) in [5, 5.41) is 10.1. The lowest BCUT2D eigenvalue weighted by molar-refractivity contribution is 1.25. The molecule has 0 N–H and O–H groups in total. The molecule has 0 unspecified atom stereocenters. The van der Waals surface area contributed by atoms with E-state index in [0.29, 0.717) is 0 Å². The van der Waals surface area contributed by atoms with Crippen LogP contribution >= 0.6 is 0 Å². The van der Waals surface area contributed by atoms with Gasteiger partial charge < -0.3 is 0 Å². The van der Waals surface area contributed by atoms with Crippen molar-refractivity contribution in [1.29, 1.82) is 0 Å². The predicted octanol–water partition coefficient (Wildman–Crippen LogP) is 19.4. The topological polar surface area (TPSA) is 38.7 Å².